The number of aldehydes is 1. The van der Waals surface area contributed by atoms with Gasteiger partial charge in [0, 0.05) is 28.9 Å². The van der Waals surface area contributed by atoms with Gasteiger partial charge in [0.1, 0.15) is 5.82 Å². The second kappa shape index (κ2) is 4.07. The number of aromatic nitrogens is 2. The number of para-hydroxylation sites is 1. The van der Waals surface area contributed by atoms with Crippen LogP contribution >= 0.6 is 0 Å². The van der Waals surface area contributed by atoms with Crippen LogP contribution in [0.5, 0.6) is 0 Å². The first-order valence-electron chi connectivity index (χ1n) is 5.47. The highest BCUT2D eigenvalue weighted by Gasteiger charge is 2.14. The molecule has 3 aromatic rings. The standard InChI is InChI=1S/C14H9FN2O/c15-12-3-1-2-10-11(8-18)13(17-14(10)12)9-4-6-16-7-5-9/h1-8,17H. The van der Waals surface area contributed by atoms with Crippen molar-refractivity contribution in [2.75, 3.05) is 0 Å². The van der Waals surface area contributed by atoms with Crippen LogP contribution in [-0.2, 0) is 0 Å². The van der Waals surface area contributed by atoms with Gasteiger partial charge in [0.05, 0.1) is 11.2 Å². The van der Waals surface area contributed by atoms with Crippen LogP contribution in [0.3, 0.4) is 0 Å². The Morgan fingerprint density at radius 1 is 1.17 bits per heavy atom. The molecule has 88 valence electrons. The van der Waals surface area contributed by atoms with E-state index in [1.54, 1.807) is 36.7 Å². The van der Waals surface area contributed by atoms with Crippen molar-refractivity contribution >= 4 is 17.2 Å². The number of hydrogen-bond acceptors (Lipinski definition) is 2. The number of aromatic amines is 1. The lowest BCUT2D eigenvalue weighted by Gasteiger charge is -1.97. The number of benzene rings is 1. The molecule has 3 nitrogen and oxygen atoms in total. The summed E-state index contributed by atoms with van der Waals surface area (Å²) in [6, 6.07) is 8.23. The maximum Gasteiger partial charge on any atom is 0.152 e. The summed E-state index contributed by atoms with van der Waals surface area (Å²) in [6.45, 7) is 0. The van der Waals surface area contributed by atoms with Crippen molar-refractivity contribution in [3.63, 3.8) is 0 Å². The second-order valence-electron chi connectivity index (χ2n) is 3.93. The van der Waals surface area contributed by atoms with E-state index in [0.717, 1.165) is 11.8 Å². The molecule has 0 aliphatic heterocycles. The Morgan fingerprint density at radius 3 is 2.67 bits per heavy atom. The zero-order valence-electron chi connectivity index (χ0n) is 9.35. The summed E-state index contributed by atoms with van der Waals surface area (Å²) in [5, 5.41) is 0.594. The SMILES string of the molecule is O=Cc1c(-c2ccncc2)[nH]c2c(F)cccc12. The van der Waals surface area contributed by atoms with Crippen molar-refractivity contribution in [2.24, 2.45) is 0 Å². The van der Waals surface area contributed by atoms with Crippen LogP contribution in [0.4, 0.5) is 4.39 Å². The molecule has 0 unspecified atom stereocenters. The fourth-order valence-corrected chi connectivity index (χ4v) is 2.07. The first-order valence-corrected chi connectivity index (χ1v) is 5.47. The van der Waals surface area contributed by atoms with Gasteiger partial charge in [-0.05, 0) is 18.2 Å². The van der Waals surface area contributed by atoms with E-state index in [1.165, 1.54) is 6.07 Å². The first kappa shape index (κ1) is 10.7. The molecule has 0 aliphatic rings. The van der Waals surface area contributed by atoms with Crippen LogP contribution < -0.4 is 0 Å². The highest BCUT2D eigenvalue weighted by atomic mass is 19.1. The van der Waals surface area contributed by atoms with Gasteiger partial charge in [-0.15, -0.1) is 0 Å². The lowest BCUT2D eigenvalue weighted by molar-refractivity contribution is 0.112. The average Bonchev–Trinajstić information content (AvgIpc) is 2.80. The van der Waals surface area contributed by atoms with Gasteiger partial charge in [-0.3, -0.25) is 9.78 Å². The molecule has 0 fully saturated rings. The lowest BCUT2D eigenvalue weighted by Crippen LogP contribution is -1.84. The summed E-state index contributed by atoms with van der Waals surface area (Å²) in [5.41, 5.74) is 2.25. The minimum atomic E-state index is -0.365. The molecule has 0 amide bonds. The molecule has 2 aromatic heterocycles. The van der Waals surface area contributed by atoms with Crippen molar-refractivity contribution in [3.8, 4) is 11.3 Å². The van der Waals surface area contributed by atoms with Crippen molar-refractivity contribution in [2.45, 2.75) is 0 Å². The van der Waals surface area contributed by atoms with Crippen LogP contribution in [0.1, 0.15) is 10.4 Å². The highest BCUT2D eigenvalue weighted by Crippen LogP contribution is 2.29. The molecule has 0 bridgehead atoms. The van der Waals surface area contributed by atoms with Crippen LogP contribution in [-0.4, -0.2) is 16.3 Å². The number of carbonyl (C=O) groups excluding carboxylic acids is 1. The third-order valence-electron chi connectivity index (χ3n) is 2.91. The topological polar surface area (TPSA) is 45.8 Å². The summed E-state index contributed by atoms with van der Waals surface area (Å²) >= 11 is 0. The molecule has 2 heterocycles. The summed E-state index contributed by atoms with van der Waals surface area (Å²) in [4.78, 5) is 18.1. The molecule has 0 radical (unpaired) electrons. The van der Waals surface area contributed by atoms with E-state index in [0.29, 0.717) is 22.2 Å². The Labute approximate surface area is 102 Å². The zero-order chi connectivity index (χ0) is 12.5. The number of nitrogens with one attached hydrogen (secondary N) is 1. The molecule has 18 heavy (non-hydrogen) atoms. The van der Waals surface area contributed by atoms with Gasteiger partial charge < -0.3 is 4.98 Å². The molecular weight excluding hydrogens is 231 g/mol. The van der Waals surface area contributed by atoms with Gasteiger partial charge in [0.15, 0.2) is 6.29 Å². The normalized spacial score (nSPS) is 10.7. The number of H-pyrrole nitrogens is 1. The van der Waals surface area contributed by atoms with Gasteiger partial charge in [-0.25, -0.2) is 4.39 Å². The van der Waals surface area contributed by atoms with Crippen LogP contribution in [0.2, 0.25) is 0 Å². The smallest absolute Gasteiger partial charge is 0.152 e. The molecule has 0 atom stereocenters. The summed E-state index contributed by atoms with van der Waals surface area (Å²) in [5.74, 6) is -0.365. The maximum atomic E-state index is 13.7. The van der Waals surface area contributed by atoms with E-state index >= 15 is 0 Å². The molecule has 1 N–H and O–H groups in total. The summed E-state index contributed by atoms with van der Waals surface area (Å²) in [7, 11) is 0. The Balaban J connectivity index is 2.37. The van der Waals surface area contributed by atoms with Gasteiger partial charge in [0.25, 0.3) is 0 Å². The molecule has 0 saturated heterocycles. The number of hydrogen-bond donors (Lipinski definition) is 1. The van der Waals surface area contributed by atoms with E-state index in [-0.39, 0.29) is 5.82 Å². The predicted octanol–water partition coefficient (Wildman–Crippen LogP) is 3.18. The van der Waals surface area contributed by atoms with Crippen molar-refractivity contribution in [1.82, 2.24) is 9.97 Å². The number of fused-ring (bicyclic) bond motifs is 1. The van der Waals surface area contributed by atoms with Gasteiger partial charge in [-0.1, -0.05) is 12.1 Å². The first-order chi connectivity index (χ1) is 8.81. The van der Waals surface area contributed by atoms with Crippen molar-refractivity contribution in [1.29, 1.82) is 0 Å². The van der Waals surface area contributed by atoms with E-state index in [9.17, 15) is 9.18 Å². The quantitative estimate of drug-likeness (QED) is 0.699. The minimum absolute atomic E-state index is 0.353. The Kier molecular flexibility index (Phi) is 2.41. The van der Waals surface area contributed by atoms with E-state index < -0.39 is 0 Å². The Hall–Kier alpha value is -2.49. The van der Waals surface area contributed by atoms with Gasteiger partial charge in [-0.2, -0.15) is 0 Å². The minimum Gasteiger partial charge on any atom is -0.352 e. The van der Waals surface area contributed by atoms with Gasteiger partial charge >= 0.3 is 0 Å². The maximum absolute atomic E-state index is 13.7. The molecular formula is C14H9FN2O. The lowest BCUT2D eigenvalue weighted by atomic mass is 10.1. The highest BCUT2D eigenvalue weighted by molar-refractivity contribution is 6.04. The van der Waals surface area contributed by atoms with E-state index in [4.69, 9.17) is 0 Å². The van der Waals surface area contributed by atoms with Crippen LogP contribution in [0.25, 0.3) is 22.2 Å². The van der Waals surface area contributed by atoms with Crippen LogP contribution in [0, 0.1) is 5.82 Å². The molecule has 0 saturated carbocycles. The number of nitrogens with zero attached hydrogens (tertiary/aromatic N) is 1. The molecule has 4 heteroatoms. The largest absolute Gasteiger partial charge is 0.352 e. The van der Waals surface area contributed by atoms with Crippen LogP contribution in [0.15, 0.2) is 42.7 Å². The van der Waals surface area contributed by atoms with E-state index in [2.05, 4.69) is 9.97 Å². The monoisotopic (exact) mass is 240 g/mol. The second-order valence-corrected chi connectivity index (χ2v) is 3.93. The van der Waals surface area contributed by atoms with Crippen molar-refractivity contribution < 1.29 is 9.18 Å². The predicted molar refractivity (Wildman–Crippen MR) is 66.9 cm³/mol. The average molecular weight is 240 g/mol. The fraction of sp³-hybridized carbons (Fsp3) is 0. The number of halogens is 1. The van der Waals surface area contributed by atoms with E-state index in [1.807, 2.05) is 0 Å². The third kappa shape index (κ3) is 1.50. The number of rotatable bonds is 2. The molecule has 0 aliphatic carbocycles. The Bertz CT molecular complexity index is 719. The molecule has 3 rings (SSSR count). The summed E-state index contributed by atoms with van der Waals surface area (Å²) in [6.07, 6.45) is 4.01. The zero-order valence-corrected chi connectivity index (χ0v) is 9.35. The van der Waals surface area contributed by atoms with Gasteiger partial charge in [0.2, 0.25) is 0 Å². The van der Waals surface area contributed by atoms with Crippen molar-refractivity contribution in [3.05, 3.63) is 54.1 Å². The fourth-order valence-electron chi connectivity index (χ4n) is 2.07. The number of pyridine rings is 1. The summed E-state index contributed by atoms with van der Waals surface area (Å²) < 4.78 is 13.7. The third-order valence-corrected chi connectivity index (χ3v) is 2.91. The molecule has 0 spiro atoms. The number of carbonyl (C=O) groups is 1. The Morgan fingerprint density at radius 2 is 1.94 bits per heavy atom. The molecule has 1 aromatic carbocycles.